The summed E-state index contributed by atoms with van der Waals surface area (Å²) >= 11 is 0. The van der Waals surface area contributed by atoms with Gasteiger partial charge in [-0.1, -0.05) is 67.7 Å². The van der Waals surface area contributed by atoms with Gasteiger partial charge in [-0.05, 0) is 84.5 Å². The van der Waals surface area contributed by atoms with Crippen molar-refractivity contribution in [2.75, 3.05) is 19.6 Å². The first-order chi connectivity index (χ1) is 17.3. The van der Waals surface area contributed by atoms with Gasteiger partial charge < -0.3 is 15.0 Å². The second kappa shape index (κ2) is 19.6. The SMILES string of the molecule is CC/C=C\C/C=C\C/C=C\C/C=C\C/C=C\CCCC(=O)NCC1CCN(C(=O)OC(C)(C)C)CC1. The van der Waals surface area contributed by atoms with Crippen molar-refractivity contribution in [1.29, 1.82) is 0 Å². The molecule has 36 heavy (non-hydrogen) atoms. The highest BCUT2D eigenvalue weighted by Gasteiger charge is 2.26. The molecule has 0 aliphatic carbocycles. The van der Waals surface area contributed by atoms with Gasteiger partial charge in [0.1, 0.15) is 5.60 Å². The zero-order chi connectivity index (χ0) is 26.5. The van der Waals surface area contributed by atoms with Crippen LogP contribution in [0.5, 0.6) is 0 Å². The number of likely N-dealkylation sites (tertiary alicyclic amines) is 1. The normalized spacial score (nSPS) is 15.8. The van der Waals surface area contributed by atoms with Gasteiger partial charge in [0.15, 0.2) is 0 Å². The molecule has 0 saturated carbocycles. The van der Waals surface area contributed by atoms with Crippen molar-refractivity contribution in [3.8, 4) is 0 Å². The number of nitrogens with zero attached hydrogens (tertiary/aromatic N) is 1. The predicted molar refractivity (Wildman–Crippen MR) is 152 cm³/mol. The second-order valence-corrected chi connectivity index (χ2v) is 10.3. The van der Waals surface area contributed by atoms with E-state index in [4.69, 9.17) is 4.74 Å². The van der Waals surface area contributed by atoms with Gasteiger partial charge >= 0.3 is 6.09 Å². The van der Waals surface area contributed by atoms with Crippen molar-refractivity contribution in [1.82, 2.24) is 10.2 Å². The molecule has 1 heterocycles. The zero-order valence-corrected chi connectivity index (χ0v) is 23.2. The zero-order valence-electron chi connectivity index (χ0n) is 23.2. The maximum absolute atomic E-state index is 12.1. The molecule has 1 rings (SSSR count). The highest BCUT2D eigenvalue weighted by atomic mass is 16.6. The first-order valence-electron chi connectivity index (χ1n) is 13.8. The molecule has 0 radical (unpaired) electrons. The van der Waals surface area contributed by atoms with Crippen LogP contribution in [-0.2, 0) is 9.53 Å². The summed E-state index contributed by atoms with van der Waals surface area (Å²) in [6.45, 7) is 9.89. The summed E-state index contributed by atoms with van der Waals surface area (Å²) in [5.41, 5.74) is -0.464. The molecule has 1 N–H and O–H groups in total. The molecule has 1 aliphatic rings. The summed E-state index contributed by atoms with van der Waals surface area (Å²) in [5.74, 6) is 0.551. The number of hydrogen-bond donors (Lipinski definition) is 1. The van der Waals surface area contributed by atoms with Crippen LogP contribution in [0.25, 0.3) is 0 Å². The topological polar surface area (TPSA) is 58.6 Å². The number of amides is 2. The van der Waals surface area contributed by atoms with Crippen molar-refractivity contribution in [2.24, 2.45) is 5.92 Å². The van der Waals surface area contributed by atoms with Crippen molar-refractivity contribution in [3.63, 3.8) is 0 Å². The Kier molecular flexibility index (Phi) is 17.1. The predicted octanol–water partition coefficient (Wildman–Crippen LogP) is 7.67. The van der Waals surface area contributed by atoms with Gasteiger partial charge in [-0.15, -0.1) is 0 Å². The van der Waals surface area contributed by atoms with Crippen molar-refractivity contribution in [3.05, 3.63) is 60.8 Å². The van der Waals surface area contributed by atoms with E-state index >= 15 is 0 Å². The van der Waals surface area contributed by atoms with E-state index < -0.39 is 5.60 Å². The molecule has 1 fully saturated rings. The Morgan fingerprint density at radius 2 is 1.33 bits per heavy atom. The van der Waals surface area contributed by atoms with E-state index in [9.17, 15) is 9.59 Å². The largest absolute Gasteiger partial charge is 0.444 e. The number of piperidine rings is 1. The monoisotopic (exact) mass is 498 g/mol. The van der Waals surface area contributed by atoms with Gasteiger partial charge in [0, 0.05) is 26.1 Å². The summed E-state index contributed by atoms with van der Waals surface area (Å²) in [4.78, 5) is 26.0. The lowest BCUT2D eigenvalue weighted by Crippen LogP contribution is -2.43. The summed E-state index contributed by atoms with van der Waals surface area (Å²) in [5, 5.41) is 3.07. The van der Waals surface area contributed by atoms with Crippen LogP contribution in [-0.4, -0.2) is 42.1 Å². The maximum atomic E-state index is 12.1. The standard InChI is InChI=1S/C31H50N2O3/c1-5-6-7-8-9-10-11-12-13-14-15-16-17-18-19-20-21-22-29(34)32-27-28-23-25-33(26-24-28)30(35)36-31(2,3)4/h6-7,9-10,12-13,15-16,18-19,28H,5,8,11,14,17,20-27H2,1-4H3,(H,32,34)/b7-6-,10-9-,13-12-,16-15-,19-18-. The highest BCUT2D eigenvalue weighted by molar-refractivity contribution is 5.75. The van der Waals surface area contributed by atoms with E-state index in [1.165, 1.54) is 0 Å². The molecule has 0 aromatic carbocycles. The highest BCUT2D eigenvalue weighted by Crippen LogP contribution is 2.19. The lowest BCUT2D eigenvalue weighted by Gasteiger charge is -2.33. The van der Waals surface area contributed by atoms with Crippen LogP contribution in [0.15, 0.2) is 60.8 Å². The minimum atomic E-state index is -0.464. The van der Waals surface area contributed by atoms with Crippen LogP contribution >= 0.6 is 0 Å². The average molecular weight is 499 g/mol. The molecule has 1 aliphatic heterocycles. The Hall–Kier alpha value is -2.56. The molecular weight excluding hydrogens is 448 g/mol. The second-order valence-electron chi connectivity index (χ2n) is 10.3. The molecule has 202 valence electrons. The van der Waals surface area contributed by atoms with E-state index in [0.717, 1.165) is 57.8 Å². The van der Waals surface area contributed by atoms with Gasteiger partial charge in [-0.25, -0.2) is 4.79 Å². The van der Waals surface area contributed by atoms with E-state index in [0.29, 0.717) is 32.0 Å². The maximum Gasteiger partial charge on any atom is 0.410 e. The first kappa shape index (κ1) is 31.5. The third-order valence-corrected chi connectivity index (χ3v) is 5.79. The van der Waals surface area contributed by atoms with Crippen LogP contribution in [0.4, 0.5) is 4.79 Å². The van der Waals surface area contributed by atoms with Gasteiger partial charge in [-0.3, -0.25) is 4.79 Å². The third-order valence-electron chi connectivity index (χ3n) is 5.79. The summed E-state index contributed by atoms with van der Waals surface area (Å²) in [6, 6.07) is 0. The molecule has 0 atom stereocenters. The number of allylic oxidation sites excluding steroid dienone is 10. The molecule has 0 bridgehead atoms. The van der Waals surface area contributed by atoms with Gasteiger partial charge in [0.25, 0.3) is 0 Å². The fourth-order valence-corrected chi connectivity index (χ4v) is 3.74. The van der Waals surface area contributed by atoms with Crippen LogP contribution in [0, 0.1) is 5.92 Å². The lowest BCUT2D eigenvalue weighted by atomic mass is 9.97. The molecule has 0 aromatic heterocycles. The molecule has 0 spiro atoms. The molecule has 0 aromatic rings. The molecule has 2 amide bonds. The Morgan fingerprint density at radius 3 is 1.83 bits per heavy atom. The van der Waals surface area contributed by atoms with E-state index in [1.807, 2.05) is 20.8 Å². The average Bonchev–Trinajstić information content (AvgIpc) is 2.84. The minimum absolute atomic E-state index is 0.122. The number of rotatable bonds is 15. The van der Waals surface area contributed by atoms with E-state index in [-0.39, 0.29) is 12.0 Å². The Labute approximate surface area is 220 Å². The Bertz CT molecular complexity index is 748. The minimum Gasteiger partial charge on any atom is -0.444 e. The third kappa shape index (κ3) is 17.8. The summed E-state index contributed by atoms with van der Waals surface area (Å²) in [7, 11) is 0. The number of unbranched alkanes of at least 4 members (excludes halogenated alkanes) is 1. The molecule has 1 saturated heterocycles. The fraction of sp³-hybridized carbons (Fsp3) is 0.613. The van der Waals surface area contributed by atoms with E-state index in [1.54, 1.807) is 4.90 Å². The molecule has 0 unspecified atom stereocenters. The van der Waals surface area contributed by atoms with Crippen LogP contribution in [0.2, 0.25) is 0 Å². The van der Waals surface area contributed by atoms with Crippen molar-refractivity contribution < 1.29 is 14.3 Å². The number of ether oxygens (including phenoxy) is 1. The molecule has 5 nitrogen and oxygen atoms in total. The Morgan fingerprint density at radius 1 is 0.833 bits per heavy atom. The van der Waals surface area contributed by atoms with Crippen LogP contribution < -0.4 is 5.32 Å². The van der Waals surface area contributed by atoms with Crippen LogP contribution in [0.3, 0.4) is 0 Å². The Balaban J connectivity index is 2.01. The quantitative estimate of drug-likeness (QED) is 0.186. The number of nitrogens with one attached hydrogen (secondary N) is 1. The lowest BCUT2D eigenvalue weighted by molar-refractivity contribution is -0.121. The van der Waals surface area contributed by atoms with Gasteiger partial charge in [0.05, 0.1) is 0 Å². The van der Waals surface area contributed by atoms with Crippen molar-refractivity contribution >= 4 is 12.0 Å². The van der Waals surface area contributed by atoms with Crippen molar-refractivity contribution in [2.45, 2.75) is 97.5 Å². The number of carbonyl (C=O) groups excluding carboxylic acids is 2. The fourth-order valence-electron chi connectivity index (χ4n) is 3.74. The number of carbonyl (C=O) groups is 2. The smallest absolute Gasteiger partial charge is 0.410 e. The number of hydrogen-bond acceptors (Lipinski definition) is 3. The van der Waals surface area contributed by atoms with Gasteiger partial charge in [0.2, 0.25) is 5.91 Å². The van der Waals surface area contributed by atoms with Crippen LogP contribution in [0.1, 0.15) is 91.9 Å². The summed E-state index contributed by atoms with van der Waals surface area (Å²) < 4.78 is 5.44. The summed E-state index contributed by atoms with van der Waals surface area (Å²) in [6.07, 6.45) is 30.9. The first-order valence-corrected chi connectivity index (χ1v) is 13.8. The molecule has 5 heteroatoms. The van der Waals surface area contributed by atoms with Gasteiger partial charge in [-0.2, -0.15) is 0 Å². The molecular formula is C31H50N2O3. The van der Waals surface area contributed by atoms with E-state index in [2.05, 4.69) is 73.0 Å².